The molecule has 1 aromatic carbocycles. The van der Waals surface area contributed by atoms with Gasteiger partial charge >= 0.3 is 0 Å². The van der Waals surface area contributed by atoms with Crippen LogP contribution in [-0.2, 0) is 11.2 Å². The third-order valence-electron chi connectivity index (χ3n) is 2.15. The zero-order valence-electron chi connectivity index (χ0n) is 8.42. The quantitative estimate of drug-likeness (QED) is 0.783. The Kier molecular flexibility index (Phi) is 4.88. The van der Waals surface area contributed by atoms with E-state index < -0.39 is 0 Å². The highest BCUT2D eigenvalue weighted by Crippen LogP contribution is 2.17. The molecular formula is C12H15BrO. The second-order valence-corrected chi connectivity index (χ2v) is 4.26. The number of hydrogen-bond acceptors (Lipinski definition) is 1. The van der Waals surface area contributed by atoms with Gasteiger partial charge in [0, 0.05) is 17.3 Å². The molecule has 0 aliphatic rings. The molecule has 1 rings (SSSR count). The lowest BCUT2D eigenvalue weighted by Crippen LogP contribution is -2.02. The minimum atomic E-state index is 0.332. The molecule has 1 nitrogen and oxygen atoms in total. The van der Waals surface area contributed by atoms with E-state index in [0.29, 0.717) is 18.6 Å². The lowest BCUT2D eigenvalue weighted by atomic mass is 10.1. The van der Waals surface area contributed by atoms with Gasteiger partial charge in [0.25, 0.3) is 0 Å². The summed E-state index contributed by atoms with van der Waals surface area (Å²) in [6.45, 7) is 2.10. The maximum absolute atomic E-state index is 11.5. The van der Waals surface area contributed by atoms with E-state index in [1.165, 1.54) is 0 Å². The predicted molar refractivity (Wildman–Crippen MR) is 62.4 cm³/mol. The van der Waals surface area contributed by atoms with Crippen molar-refractivity contribution in [3.8, 4) is 0 Å². The van der Waals surface area contributed by atoms with Gasteiger partial charge in [-0.05, 0) is 18.1 Å². The van der Waals surface area contributed by atoms with E-state index in [1.807, 2.05) is 24.3 Å². The Hall–Kier alpha value is -0.630. The lowest BCUT2D eigenvalue weighted by molar-refractivity contribution is -0.118. The van der Waals surface area contributed by atoms with Crippen LogP contribution in [0.5, 0.6) is 0 Å². The van der Waals surface area contributed by atoms with E-state index in [9.17, 15) is 4.79 Å². The van der Waals surface area contributed by atoms with E-state index in [4.69, 9.17) is 0 Å². The Bertz CT molecular complexity index is 307. The molecule has 0 aliphatic carbocycles. The molecule has 0 amide bonds. The van der Waals surface area contributed by atoms with Crippen molar-refractivity contribution in [2.45, 2.75) is 32.6 Å². The molecule has 0 saturated carbocycles. The van der Waals surface area contributed by atoms with Gasteiger partial charge in [-0.2, -0.15) is 0 Å². The number of halogens is 1. The molecule has 0 radical (unpaired) electrons. The van der Waals surface area contributed by atoms with Gasteiger partial charge in [-0.1, -0.05) is 47.5 Å². The minimum absolute atomic E-state index is 0.332. The molecule has 0 unspecified atom stereocenters. The van der Waals surface area contributed by atoms with E-state index >= 15 is 0 Å². The fraction of sp³-hybridized carbons (Fsp3) is 0.417. The third kappa shape index (κ3) is 3.62. The molecule has 0 atom stereocenters. The number of carbonyl (C=O) groups excluding carboxylic acids is 1. The van der Waals surface area contributed by atoms with E-state index in [0.717, 1.165) is 22.9 Å². The van der Waals surface area contributed by atoms with Gasteiger partial charge in [-0.3, -0.25) is 4.79 Å². The summed E-state index contributed by atoms with van der Waals surface area (Å²) in [5, 5.41) is 0. The summed E-state index contributed by atoms with van der Waals surface area (Å²) in [5.74, 6) is 0.332. The Morgan fingerprint density at radius 3 is 2.71 bits per heavy atom. The van der Waals surface area contributed by atoms with Crippen LogP contribution in [0.1, 0.15) is 31.7 Å². The Morgan fingerprint density at radius 1 is 1.36 bits per heavy atom. The number of benzene rings is 1. The molecule has 0 aromatic heterocycles. The van der Waals surface area contributed by atoms with Gasteiger partial charge in [0.15, 0.2) is 0 Å². The molecule has 76 valence electrons. The highest BCUT2D eigenvalue weighted by Gasteiger charge is 2.05. The standard InChI is InChI=1S/C12H15BrO/c1-2-3-7-11(14)9-10-6-4-5-8-12(10)13/h4-6,8H,2-3,7,9H2,1H3. The fourth-order valence-electron chi connectivity index (χ4n) is 1.32. The average molecular weight is 255 g/mol. The highest BCUT2D eigenvalue weighted by molar-refractivity contribution is 9.10. The molecule has 0 bridgehead atoms. The summed E-state index contributed by atoms with van der Waals surface area (Å²) in [6.07, 6.45) is 3.35. The number of ketones is 1. The van der Waals surface area contributed by atoms with Crippen LogP contribution in [0.4, 0.5) is 0 Å². The molecule has 0 saturated heterocycles. The van der Waals surface area contributed by atoms with Crippen molar-refractivity contribution in [3.63, 3.8) is 0 Å². The zero-order valence-corrected chi connectivity index (χ0v) is 10.0. The first-order valence-corrected chi connectivity index (χ1v) is 5.78. The van der Waals surface area contributed by atoms with Crippen LogP contribution >= 0.6 is 15.9 Å². The van der Waals surface area contributed by atoms with Crippen LogP contribution in [-0.4, -0.2) is 5.78 Å². The topological polar surface area (TPSA) is 17.1 Å². The van der Waals surface area contributed by atoms with Crippen LogP contribution in [0.3, 0.4) is 0 Å². The third-order valence-corrected chi connectivity index (χ3v) is 2.93. The van der Waals surface area contributed by atoms with E-state index in [1.54, 1.807) is 0 Å². The van der Waals surface area contributed by atoms with Crippen LogP contribution in [0.15, 0.2) is 28.7 Å². The van der Waals surface area contributed by atoms with Crippen molar-refractivity contribution in [3.05, 3.63) is 34.3 Å². The molecule has 2 heteroatoms. The fourth-order valence-corrected chi connectivity index (χ4v) is 1.74. The van der Waals surface area contributed by atoms with Crippen molar-refractivity contribution in [2.75, 3.05) is 0 Å². The van der Waals surface area contributed by atoms with Crippen molar-refractivity contribution < 1.29 is 4.79 Å². The van der Waals surface area contributed by atoms with Gasteiger partial charge in [-0.15, -0.1) is 0 Å². The first-order chi connectivity index (χ1) is 6.74. The van der Waals surface area contributed by atoms with E-state index in [2.05, 4.69) is 22.9 Å². The summed E-state index contributed by atoms with van der Waals surface area (Å²) in [5.41, 5.74) is 1.09. The van der Waals surface area contributed by atoms with Crippen LogP contribution in [0.25, 0.3) is 0 Å². The van der Waals surface area contributed by atoms with Gasteiger partial charge < -0.3 is 0 Å². The predicted octanol–water partition coefficient (Wildman–Crippen LogP) is 3.75. The van der Waals surface area contributed by atoms with Crippen LogP contribution < -0.4 is 0 Å². The maximum Gasteiger partial charge on any atom is 0.137 e. The second kappa shape index (κ2) is 5.97. The Labute approximate surface area is 93.7 Å². The number of hydrogen-bond donors (Lipinski definition) is 0. The first-order valence-electron chi connectivity index (χ1n) is 4.99. The molecule has 0 heterocycles. The van der Waals surface area contributed by atoms with Crippen molar-refractivity contribution in [1.29, 1.82) is 0 Å². The first kappa shape index (κ1) is 11.4. The molecule has 0 N–H and O–H groups in total. The van der Waals surface area contributed by atoms with Crippen molar-refractivity contribution in [2.24, 2.45) is 0 Å². The smallest absolute Gasteiger partial charge is 0.137 e. The van der Waals surface area contributed by atoms with Gasteiger partial charge in [0.2, 0.25) is 0 Å². The Morgan fingerprint density at radius 2 is 2.07 bits per heavy atom. The second-order valence-electron chi connectivity index (χ2n) is 3.41. The number of carbonyl (C=O) groups is 1. The molecular weight excluding hydrogens is 240 g/mol. The van der Waals surface area contributed by atoms with Crippen molar-refractivity contribution >= 4 is 21.7 Å². The minimum Gasteiger partial charge on any atom is -0.299 e. The van der Waals surface area contributed by atoms with Crippen LogP contribution in [0, 0.1) is 0 Å². The SMILES string of the molecule is CCCCC(=O)Cc1ccccc1Br. The molecule has 0 spiro atoms. The summed E-state index contributed by atoms with van der Waals surface area (Å²) in [6, 6.07) is 7.90. The summed E-state index contributed by atoms with van der Waals surface area (Å²) in [7, 11) is 0. The number of unbranched alkanes of at least 4 members (excludes halogenated alkanes) is 1. The maximum atomic E-state index is 11.5. The number of rotatable bonds is 5. The van der Waals surface area contributed by atoms with Crippen molar-refractivity contribution in [1.82, 2.24) is 0 Å². The molecule has 14 heavy (non-hydrogen) atoms. The van der Waals surface area contributed by atoms with E-state index in [-0.39, 0.29) is 0 Å². The molecule has 0 fully saturated rings. The Balaban J connectivity index is 2.52. The highest BCUT2D eigenvalue weighted by atomic mass is 79.9. The number of Topliss-reactive ketones (excluding diaryl/α,β-unsaturated/α-hetero) is 1. The largest absolute Gasteiger partial charge is 0.299 e. The normalized spacial score (nSPS) is 10.1. The van der Waals surface area contributed by atoms with Gasteiger partial charge in [-0.25, -0.2) is 0 Å². The molecule has 1 aromatic rings. The lowest BCUT2D eigenvalue weighted by Gasteiger charge is -2.02. The zero-order chi connectivity index (χ0) is 10.4. The van der Waals surface area contributed by atoms with Gasteiger partial charge in [0.05, 0.1) is 0 Å². The summed E-state index contributed by atoms with van der Waals surface area (Å²) in [4.78, 5) is 11.5. The molecule has 0 aliphatic heterocycles. The summed E-state index contributed by atoms with van der Waals surface area (Å²) < 4.78 is 1.03. The summed E-state index contributed by atoms with van der Waals surface area (Å²) >= 11 is 3.44. The van der Waals surface area contributed by atoms with Gasteiger partial charge in [0.1, 0.15) is 5.78 Å². The van der Waals surface area contributed by atoms with Crippen LogP contribution in [0.2, 0.25) is 0 Å². The average Bonchev–Trinajstić information content (AvgIpc) is 2.18. The monoisotopic (exact) mass is 254 g/mol.